The summed E-state index contributed by atoms with van der Waals surface area (Å²) in [5, 5.41) is 8.35. The predicted molar refractivity (Wildman–Crippen MR) is 40.1 cm³/mol. The number of aliphatic hydroxyl groups is 1. The molecule has 4 nitrogen and oxygen atoms in total. The van der Waals surface area contributed by atoms with Gasteiger partial charge < -0.3 is 26.6 Å². The molecule has 0 aromatic heterocycles. The standard InChI is InChI=1S/C6H14O4S.BrH.2Na/c7-5-3-1-2-4-6-11(8,9)10;;;/h7H,1-6H2,(H,8,9,10);1H;;/q;;2*+1/p-2. The second-order valence-electron chi connectivity index (χ2n) is 2.40. The van der Waals surface area contributed by atoms with E-state index in [1.165, 1.54) is 0 Å². The monoisotopic (exact) mass is 306 g/mol. The van der Waals surface area contributed by atoms with Gasteiger partial charge in [-0.25, -0.2) is 8.42 Å². The Kier molecular flexibility index (Phi) is 27.7. The van der Waals surface area contributed by atoms with E-state index in [-0.39, 0.29) is 88.5 Å². The van der Waals surface area contributed by atoms with E-state index >= 15 is 0 Å². The van der Waals surface area contributed by atoms with Gasteiger partial charge in [0.05, 0.1) is 10.1 Å². The zero-order chi connectivity index (χ0) is 8.74. The summed E-state index contributed by atoms with van der Waals surface area (Å²) in [5.41, 5.74) is 0. The van der Waals surface area contributed by atoms with E-state index in [4.69, 9.17) is 5.11 Å². The first-order valence-electron chi connectivity index (χ1n) is 3.60. The van der Waals surface area contributed by atoms with Crippen LogP contribution in [-0.2, 0) is 10.1 Å². The van der Waals surface area contributed by atoms with E-state index in [9.17, 15) is 13.0 Å². The fourth-order valence-corrected chi connectivity index (χ4v) is 1.30. The molecule has 0 rings (SSSR count). The molecule has 0 bridgehead atoms. The molecule has 8 heteroatoms. The maximum Gasteiger partial charge on any atom is 1.00 e. The molecular weight excluding hydrogens is 294 g/mol. The Bertz CT molecular complexity index is 186. The summed E-state index contributed by atoms with van der Waals surface area (Å²) in [4.78, 5) is 0. The minimum atomic E-state index is -4.02. The van der Waals surface area contributed by atoms with Crippen molar-refractivity contribution in [3.8, 4) is 0 Å². The maximum atomic E-state index is 10.1. The Labute approximate surface area is 140 Å². The zero-order valence-corrected chi connectivity index (χ0v) is 15.1. The van der Waals surface area contributed by atoms with Crippen LogP contribution >= 0.6 is 0 Å². The summed E-state index contributed by atoms with van der Waals surface area (Å²) in [6.45, 7) is 0.129. The van der Waals surface area contributed by atoms with Crippen molar-refractivity contribution >= 4 is 10.1 Å². The molecule has 0 aliphatic carbocycles. The molecule has 1 N–H and O–H groups in total. The van der Waals surface area contributed by atoms with Gasteiger partial charge in [0.15, 0.2) is 0 Å². The topological polar surface area (TPSA) is 77.4 Å². The number of rotatable bonds is 6. The normalized spacial score (nSPS) is 9.29. The van der Waals surface area contributed by atoms with Crippen LogP contribution in [0.5, 0.6) is 0 Å². The van der Waals surface area contributed by atoms with Gasteiger partial charge in [0.2, 0.25) is 0 Å². The van der Waals surface area contributed by atoms with Gasteiger partial charge in [0.1, 0.15) is 0 Å². The molecule has 0 atom stereocenters. The molecule has 0 saturated carbocycles. The third-order valence-corrected chi connectivity index (χ3v) is 2.09. The van der Waals surface area contributed by atoms with Gasteiger partial charge in [-0.15, -0.1) is 0 Å². The molecule has 0 amide bonds. The van der Waals surface area contributed by atoms with Crippen LogP contribution < -0.4 is 76.1 Å². The van der Waals surface area contributed by atoms with E-state index in [0.29, 0.717) is 19.3 Å². The Hall–Kier alpha value is 2.35. The summed E-state index contributed by atoms with van der Waals surface area (Å²) in [5.74, 6) is -0.279. The van der Waals surface area contributed by atoms with Gasteiger partial charge in [-0.2, -0.15) is 0 Å². The first kappa shape index (κ1) is 25.3. The van der Waals surface area contributed by atoms with Crippen LogP contribution in [0.2, 0.25) is 0 Å². The fraction of sp³-hybridized carbons (Fsp3) is 1.00. The Balaban J connectivity index is -0.000000167. The molecule has 14 heavy (non-hydrogen) atoms. The largest absolute Gasteiger partial charge is 1.00 e. The number of unbranched alkanes of at least 4 members (excludes halogenated alkanes) is 3. The van der Waals surface area contributed by atoms with Crippen LogP contribution in [-0.4, -0.2) is 30.4 Å². The average molecular weight is 307 g/mol. The molecule has 0 aliphatic heterocycles. The number of hydrogen-bond acceptors (Lipinski definition) is 4. The van der Waals surface area contributed by atoms with Crippen molar-refractivity contribution < 1.29 is 94.2 Å². The summed E-state index contributed by atoms with van der Waals surface area (Å²) < 4.78 is 30.2. The van der Waals surface area contributed by atoms with Gasteiger partial charge in [0.25, 0.3) is 0 Å². The number of halogens is 1. The van der Waals surface area contributed by atoms with Crippen LogP contribution in [0.1, 0.15) is 25.7 Å². The summed E-state index contributed by atoms with van der Waals surface area (Å²) in [7, 11) is -4.02. The Morgan fingerprint density at radius 2 is 1.43 bits per heavy atom. The van der Waals surface area contributed by atoms with Crippen LogP contribution in [0.15, 0.2) is 0 Å². The van der Waals surface area contributed by atoms with Crippen molar-refractivity contribution in [1.29, 1.82) is 0 Å². The van der Waals surface area contributed by atoms with Crippen molar-refractivity contribution in [3.05, 3.63) is 0 Å². The average Bonchev–Trinajstić information content (AvgIpc) is 1.85. The molecule has 76 valence electrons. The molecule has 0 aliphatic rings. The second kappa shape index (κ2) is 15.4. The van der Waals surface area contributed by atoms with E-state index in [1.54, 1.807) is 0 Å². The van der Waals surface area contributed by atoms with Gasteiger partial charge >= 0.3 is 59.1 Å². The Morgan fingerprint density at radius 1 is 1.00 bits per heavy atom. The van der Waals surface area contributed by atoms with Gasteiger partial charge in [-0.1, -0.05) is 12.8 Å². The molecule has 0 saturated heterocycles. The number of aliphatic hydroxyl groups excluding tert-OH is 1. The van der Waals surface area contributed by atoms with Gasteiger partial charge in [-0.3, -0.25) is 0 Å². The maximum absolute atomic E-state index is 10.1. The molecule has 0 heterocycles. The third kappa shape index (κ3) is 23.9. The van der Waals surface area contributed by atoms with Crippen LogP contribution in [0.25, 0.3) is 0 Å². The minimum Gasteiger partial charge on any atom is -1.00 e. The molecule has 0 spiro atoms. The molecule has 0 aromatic rings. The zero-order valence-electron chi connectivity index (χ0n) is 8.70. The molecular formula is C6H13BrNa2O4S. The Morgan fingerprint density at radius 3 is 1.79 bits per heavy atom. The van der Waals surface area contributed by atoms with Gasteiger partial charge in [-0.05, 0) is 12.8 Å². The first-order valence-corrected chi connectivity index (χ1v) is 5.18. The third-order valence-electron chi connectivity index (χ3n) is 1.30. The van der Waals surface area contributed by atoms with Crippen molar-refractivity contribution in [2.24, 2.45) is 0 Å². The van der Waals surface area contributed by atoms with Crippen molar-refractivity contribution in [2.75, 3.05) is 12.4 Å². The van der Waals surface area contributed by atoms with Crippen molar-refractivity contribution in [1.82, 2.24) is 0 Å². The van der Waals surface area contributed by atoms with Crippen molar-refractivity contribution in [2.45, 2.75) is 25.7 Å². The molecule has 0 fully saturated rings. The molecule has 0 aromatic carbocycles. The predicted octanol–water partition coefficient (Wildman–Crippen LogP) is -8.90. The number of hydrogen-bond donors (Lipinski definition) is 1. The smallest absolute Gasteiger partial charge is 1.00 e. The summed E-state index contributed by atoms with van der Waals surface area (Å²) >= 11 is 0. The first-order chi connectivity index (χ1) is 5.06. The van der Waals surface area contributed by atoms with E-state index in [0.717, 1.165) is 6.42 Å². The minimum absolute atomic E-state index is 0. The fourth-order valence-electron chi connectivity index (χ4n) is 0.744. The quantitative estimate of drug-likeness (QED) is 0.300. The van der Waals surface area contributed by atoms with E-state index in [1.807, 2.05) is 0 Å². The second-order valence-corrected chi connectivity index (χ2v) is 3.92. The SMILES string of the molecule is O=S(=O)([O-])CCCCCCO.[Br-].[Na+].[Na+]. The van der Waals surface area contributed by atoms with Gasteiger partial charge in [0, 0.05) is 12.4 Å². The van der Waals surface area contributed by atoms with Crippen molar-refractivity contribution in [3.63, 3.8) is 0 Å². The molecule has 0 unspecified atom stereocenters. The summed E-state index contributed by atoms with van der Waals surface area (Å²) in [6, 6.07) is 0. The van der Waals surface area contributed by atoms with E-state index in [2.05, 4.69) is 0 Å². The van der Waals surface area contributed by atoms with Crippen LogP contribution in [0.3, 0.4) is 0 Å². The summed E-state index contributed by atoms with van der Waals surface area (Å²) in [6.07, 6.45) is 2.57. The molecule has 0 radical (unpaired) electrons. The van der Waals surface area contributed by atoms with Crippen LogP contribution in [0, 0.1) is 0 Å². The van der Waals surface area contributed by atoms with E-state index < -0.39 is 10.1 Å². The van der Waals surface area contributed by atoms with Crippen LogP contribution in [0.4, 0.5) is 0 Å².